The molecule has 0 aromatic heterocycles. The number of halogens is 4. The van der Waals surface area contributed by atoms with E-state index < -0.39 is 19.8 Å². The van der Waals surface area contributed by atoms with Crippen molar-refractivity contribution in [3.8, 4) is 0 Å². The molecule has 0 saturated heterocycles. The molecule has 0 fully saturated rings. The first-order chi connectivity index (χ1) is 3.85. The van der Waals surface area contributed by atoms with E-state index in [1.54, 1.807) is 0 Å². The summed E-state index contributed by atoms with van der Waals surface area (Å²) in [7, 11) is -2.04. The molecule has 0 heterocycles. The van der Waals surface area contributed by atoms with Gasteiger partial charge in [-0.05, 0) is 0 Å². The average molecular weight is 177 g/mol. The first kappa shape index (κ1) is 9.30. The van der Waals surface area contributed by atoms with Crippen molar-refractivity contribution in [2.45, 2.75) is 25.2 Å². The van der Waals surface area contributed by atoms with Crippen LogP contribution >= 0.6 is 11.1 Å². The lowest BCUT2D eigenvalue weighted by Crippen LogP contribution is -2.23. The highest BCUT2D eigenvalue weighted by atomic mass is 35.6. The third-order valence-corrected chi connectivity index (χ3v) is 4.10. The molecule has 0 rings (SSSR count). The maximum absolute atomic E-state index is 11.7. The summed E-state index contributed by atoms with van der Waals surface area (Å²) in [5.74, 6) is 0. The van der Waals surface area contributed by atoms with E-state index in [2.05, 4.69) is 0 Å². The number of alkyl halides is 3. The molecule has 0 amide bonds. The molecule has 0 radical (unpaired) electrons. The minimum Gasteiger partial charge on any atom is -0.171 e. The zero-order valence-electron chi connectivity index (χ0n) is 5.17. The third kappa shape index (κ3) is 3.10. The van der Waals surface area contributed by atoms with Crippen LogP contribution in [0.4, 0.5) is 13.2 Å². The number of hydrogen-bond acceptors (Lipinski definition) is 0. The smallest absolute Gasteiger partial charge is 0.171 e. The topological polar surface area (TPSA) is 0 Å². The first-order valence-corrected chi connectivity index (χ1v) is 6.13. The van der Waals surface area contributed by atoms with Crippen molar-refractivity contribution in [1.29, 1.82) is 0 Å². The zero-order valence-corrected chi connectivity index (χ0v) is 7.08. The molecule has 56 valence electrons. The Hall–Kier alpha value is 0.297. The van der Waals surface area contributed by atoms with Crippen LogP contribution in [-0.2, 0) is 0 Å². The molecule has 0 aromatic rings. The molecule has 0 aliphatic carbocycles. The average Bonchev–Trinajstić information content (AvgIpc) is 1.62. The summed E-state index contributed by atoms with van der Waals surface area (Å²) >= 11 is 5.33. The van der Waals surface area contributed by atoms with E-state index in [1.165, 1.54) is 6.55 Å². The van der Waals surface area contributed by atoms with Crippen LogP contribution in [0.25, 0.3) is 0 Å². The summed E-state index contributed by atoms with van der Waals surface area (Å²) in [5.41, 5.74) is -1.28. The lowest BCUT2D eigenvalue weighted by Gasteiger charge is -2.15. The summed E-state index contributed by atoms with van der Waals surface area (Å²) in [6, 6.07) is 0. The molecule has 2 unspecified atom stereocenters. The summed E-state index contributed by atoms with van der Waals surface area (Å²) in [6.45, 7) is 2.60. The second-order valence-electron chi connectivity index (χ2n) is 2.01. The predicted octanol–water partition coefficient (Wildman–Crippen LogP) is 2.53. The largest absolute Gasteiger partial charge is 0.390 e. The summed E-state index contributed by atoms with van der Waals surface area (Å²) in [4.78, 5) is 0. The Labute approximate surface area is 58.3 Å². The van der Waals surface area contributed by atoms with Gasteiger partial charge in [0.1, 0.15) is 8.11 Å². The van der Waals surface area contributed by atoms with Gasteiger partial charge in [0.05, 0.1) is 5.54 Å². The van der Waals surface area contributed by atoms with Crippen molar-refractivity contribution in [1.82, 2.24) is 0 Å². The van der Waals surface area contributed by atoms with E-state index in [-0.39, 0.29) is 0 Å². The quantitative estimate of drug-likeness (QED) is 0.426. The summed E-state index contributed by atoms with van der Waals surface area (Å²) < 4.78 is 35.0. The highest BCUT2D eigenvalue weighted by Gasteiger charge is 2.39. The molecule has 0 N–H and O–H groups in total. The van der Waals surface area contributed by atoms with E-state index in [0.717, 1.165) is 6.92 Å². The number of hydrogen-bond donors (Lipinski definition) is 0. The second-order valence-corrected chi connectivity index (χ2v) is 6.43. The van der Waals surface area contributed by atoms with Crippen LogP contribution in [0, 0.1) is 0 Å². The van der Waals surface area contributed by atoms with Crippen LogP contribution in [0.15, 0.2) is 0 Å². The Kier molecular flexibility index (Phi) is 3.02. The minimum absolute atomic E-state index is 1.13. The Morgan fingerprint density at radius 2 is 1.78 bits per heavy atom. The Balaban J connectivity index is 3.88. The summed E-state index contributed by atoms with van der Waals surface area (Å²) in [6.07, 6.45) is -4.09. The predicted molar refractivity (Wildman–Crippen MR) is 34.3 cm³/mol. The number of rotatable bonds is 1. The van der Waals surface area contributed by atoms with Crippen molar-refractivity contribution in [3.63, 3.8) is 0 Å². The first-order valence-electron chi connectivity index (χ1n) is 2.56. The molecule has 2 atom stereocenters. The van der Waals surface area contributed by atoms with Crippen LogP contribution in [0.2, 0.25) is 12.1 Å². The fourth-order valence-corrected chi connectivity index (χ4v) is 1.21. The van der Waals surface area contributed by atoms with Gasteiger partial charge in [0.25, 0.3) is 0 Å². The van der Waals surface area contributed by atoms with Gasteiger partial charge in [-0.2, -0.15) is 24.3 Å². The van der Waals surface area contributed by atoms with Gasteiger partial charge in [-0.3, -0.25) is 0 Å². The van der Waals surface area contributed by atoms with E-state index >= 15 is 0 Å². The van der Waals surface area contributed by atoms with E-state index in [0.29, 0.717) is 0 Å². The lowest BCUT2D eigenvalue weighted by atomic mass is 10.5. The van der Waals surface area contributed by atoms with Gasteiger partial charge in [-0.1, -0.05) is 13.5 Å². The Bertz CT molecular complexity index is 90.3. The molecular weight excluding hydrogens is 169 g/mol. The van der Waals surface area contributed by atoms with Crippen LogP contribution in [0.5, 0.6) is 0 Å². The van der Waals surface area contributed by atoms with Gasteiger partial charge in [0.15, 0.2) is 0 Å². The molecule has 0 aromatic carbocycles. The Morgan fingerprint density at radius 3 is 1.78 bits per heavy atom. The maximum Gasteiger partial charge on any atom is 0.390 e. The fourth-order valence-electron chi connectivity index (χ4n) is 0.260. The molecule has 0 saturated carbocycles. The van der Waals surface area contributed by atoms with Crippen LogP contribution in [0.3, 0.4) is 0 Å². The van der Waals surface area contributed by atoms with Gasteiger partial charge in [-0.25, -0.2) is 0 Å². The van der Waals surface area contributed by atoms with Gasteiger partial charge >= 0.3 is 6.18 Å². The van der Waals surface area contributed by atoms with E-state index in [4.69, 9.17) is 11.1 Å². The van der Waals surface area contributed by atoms with Crippen molar-refractivity contribution in [2.75, 3.05) is 0 Å². The fraction of sp³-hybridized carbons (Fsp3) is 1.00. The molecule has 0 aliphatic heterocycles. The molecule has 0 spiro atoms. The van der Waals surface area contributed by atoms with E-state index in [9.17, 15) is 13.2 Å². The zero-order chi connectivity index (χ0) is 7.65. The van der Waals surface area contributed by atoms with Crippen molar-refractivity contribution in [3.05, 3.63) is 0 Å². The molecule has 0 nitrogen and oxygen atoms in total. The van der Waals surface area contributed by atoms with Crippen LogP contribution in [-0.4, -0.2) is 14.3 Å². The second kappa shape index (κ2) is 2.92. The van der Waals surface area contributed by atoms with E-state index in [1.807, 2.05) is 0 Å². The summed E-state index contributed by atoms with van der Waals surface area (Å²) in [5, 5.41) is 0. The van der Waals surface area contributed by atoms with Crippen LogP contribution < -0.4 is 0 Å². The normalized spacial score (nSPS) is 19.3. The molecule has 0 bridgehead atoms. The van der Waals surface area contributed by atoms with Gasteiger partial charge in [0, 0.05) is 0 Å². The molecular formula is C4H8ClF3Si. The van der Waals surface area contributed by atoms with Gasteiger partial charge in [0.2, 0.25) is 0 Å². The lowest BCUT2D eigenvalue weighted by molar-refractivity contribution is -0.130. The van der Waals surface area contributed by atoms with Crippen LogP contribution in [0.1, 0.15) is 6.92 Å². The standard InChI is InChI=1S/C4H8ClF3Si/c1-3(9(2)5)4(6,7)8/h3,9H,1-2H3. The minimum atomic E-state index is -4.09. The molecule has 0 aliphatic rings. The molecule has 9 heavy (non-hydrogen) atoms. The van der Waals surface area contributed by atoms with Crippen molar-refractivity contribution < 1.29 is 13.2 Å². The van der Waals surface area contributed by atoms with Crippen molar-refractivity contribution in [2.24, 2.45) is 0 Å². The monoisotopic (exact) mass is 176 g/mol. The van der Waals surface area contributed by atoms with Gasteiger partial charge in [-0.15, -0.1) is 0 Å². The highest BCUT2D eigenvalue weighted by molar-refractivity contribution is 7.07. The van der Waals surface area contributed by atoms with Crippen molar-refractivity contribution >= 4 is 19.2 Å². The Morgan fingerprint density at radius 1 is 1.44 bits per heavy atom. The maximum atomic E-state index is 11.7. The van der Waals surface area contributed by atoms with Gasteiger partial charge < -0.3 is 0 Å². The molecule has 5 heteroatoms. The highest BCUT2D eigenvalue weighted by Crippen LogP contribution is 2.33. The third-order valence-electron chi connectivity index (χ3n) is 1.21. The SMILES string of the molecule is CC([SiH](C)Cl)C(F)(F)F.